The zero-order valence-electron chi connectivity index (χ0n) is 16.0. The molecule has 0 aliphatic heterocycles. The third-order valence-electron chi connectivity index (χ3n) is 3.70. The van der Waals surface area contributed by atoms with Crippen LogP contribution in [0.3, 0.4) is 0 Å². The quantitative estimate of drug-likeness (QED) is 0.307. The largest absolute Gasteiger partial charge is 0.497 e. The van der Waals surface area contributed by atoms with Gasteiger partial charge in [0, 0.05) is 25.9 Å². The number of sulfone groups is 1. The Morgan fingerprint density at radius 3 is 2.50 bits per heavy atom. The highest BCUT2D eigenvalue weighted by atomic mass is 127. The Morgan fingerprint density at radius 1 is 1.27 bits per heavy atom. The van der Waals surface area contributed by atoms with Crippen LogP contribution in [-0.2, 0) is 16.3 Å². The monoisotopic (exact) mass is 499 g/mol. The van der Waals surface area contributed by atoms with Crippen molar-refractivity contribution in [3.63, 3.8) is 0 Å². The molecule has 1 aromatic rings. The fourth-order valence-electron chi connectivity index (χ4n) is 2.28. The van der Waals surface area contributed by atoms with Gasteiger partial charge in [0.25, 0.3) is 0 Å². The van der Waals surface area contributed by atoms with Gasteiger partial charge in [-0.2, -0.15) is 0 Å². The highest BCUT2D eigenvalue weighted by molar-refractivity contribution is 14.0. The van der Waals surface area contributed by atoms with Crippen LogP contribution < -0.4 is 20.1 Å². The topological polar surface area (TPSA) is 89.0 Å². The molecule has 0 bridgehead atoms. The van der Waals surface area contributed by atoms with Crippen LogP contribution in [0.4, 0.5) is 0 Å². The zero-order chi connectivity index (χ0) is 18.9. The van der Waals surface area contributed by atoms with Gasteiger partial charge in [0.15, 0.2) is 5.96 Å². The number of halogens is 1. The van der Waals surface area contributed by atoms with Crippen molar-refractivity contribution in [1.82, 2.24) is 10.6 Å². The summed E-state index contributed by atoms with van der Waals surface area (Å²) < 4.78 is 33.1. The van der Waals surface area contributed by atoms with E-state index in [0.717, 1.165) is 23.5 Å². The van der Waals surface area contributed by atoms with Crippen LogP contribution in [0, 0.1) is 0 Å². The molecule has 0 saturated carbocycles. The molecule has 2 N–H and O–H groups in total. The molecule has 0 aromatic heterocycles. The van der Waals surface area contributed by atoms with Gasteiger partial charge in [-0.05, 0) is 43.5 Å². The third kappa shape index (κ3) is 9.46. The molecule has 1 unspecified atom stereocenters. The second-order valence-corrected chi connectivity index (χ2v) is 8.15. The predicted octanol–water partition coefficient (Wildman–Crippen LogP) is 1.85. The first kappa shape index (κ1) is 24.8. The summed E-state index contributed by atoms with van der Waals surface area (Å²) in [5, 5.41) is 6.42. The number of benzene rings is 1. The van der Waals surface area contributed by atoms with Gasteiger partial charge in [-0.3, -0.25) is 4.99 Å². The minimum absolute atomic E-state index is 0. The summed E-state index contributed by atoms with van der Waals surface area (Å²) in [5.41, 5.74) is 1.04. The van der Waals surface area contributed by atoms with Crippen molar-refractivity contribution in [3.8, 4) is 11.5 Å². The summed E-state index contributed by atoms with van der Waals surface area (Å²) in [5.74, 6) is 2.39. The van der Waals surface area contributed by atoms with Crippen LogP contribution >= 0.6 is 24.0 Å². The Morgan fingerprint density at radius 2 is 1.96 bits per heavy atom. The second-order valence-electron chi connectivity index (χ2n) is 5.89. The molecule has 1 rings (SSSR count). The number of ether oxygens (including phenoxy) is 2. The normalized spacial score (nSPS) is 12.7. The second kappa shape index (κ2) is 12.2. The first-order valence-corrected chi connectivity index (χ1v) is 10.2. The molecule has 150 valence electrons. The van der Waals surface area contributed by atoms with Crippen molar-refractivity contribution in [2.75, 3.05) is 39.8 Å². The maximum Gasteiger partial charge on any atom is 0.191 e. The van der Waals surface area contributed by atoms with Crippen LogP contribution in [-0.4, -0.2) is 60.2 Å². The zero-order valence-corrected chi connectivity index (χ0v) is 19.2. The summed E-state index contributed by atoms with van der Waals surface area (Å²) >= 11 is 0. The van der Waals surface area contributed by atoms with E-state index in [4.69, 9.17) is 9.47 Å². The van der Waals surface area contributed by atoms with Gasteiger partial charge in [-0.1, -0.05) is 0 Å². The fraction of sp³-hybridized carbons (Fsp3) is 0.588. The molecule has 0 aliphatic rings. The molecule has 26 heavy (non-hydrogen) atoms. The molecule has 1 aromatic carbocycles. The van der Waals surface area contributed by atoms with Gasteiger partial charge < -0.3 is 20.1 Å². The molecule has 0 heterocycles. The predicted molar refractivity (Wildman–Crippen MR) is 117 cm³/mol. The molecule has 0 aliphatic carbocycles. The summed E-state index contributed by atoms with van der Waals surface area (Å²) in [6.07, 6.45) is 2.51. The lowest BCUT2D eigenvalue weighted by molar-refractivity contribution is 0.398. The van der Waals surface area contributed by atoms with E-state index in [1.54, 1.807) is 21.3 Å². The number of hydrogen-bond acceptors (Lipinski definition) is 5. The maximum atomic E-state index is 11.2. The van der Waals surface area contributed by atoms with Gasteiger partial charge in [-0.15, -0.1) is 24.0 Å². The summed E-state index contributed by atoms with van der Waals surface area (Å²) in [6.45, 7) is 2.59. The Bertz CT molecular complexity index is 681. The van der Waals surface area contributed by atoms with Gasteiger partial charge in [-0.25, -0.2) is 8.42 Å². The van der Waals surface area contributed by atoms with Gasteiger partial charge >= 0.3 is 0 Å². The molecular formula is C17H30IN3O4S. The van der Waals surface area contributed by atoms with Gasteiger partial charge in [0.1, 0.15) is 21.3 Å². The number of hydrogen-bond donors (Lipinski definition) is 2. The van der Waals surface area contributed by atoms with Crippen LogP contribution in [0.2, 0.25) is 0 Å². The van der Waals surface area contributed by atoms with E-state index in [0.29, 0.717) is 18.9 Å². The molecule has 0 fully saturated rings. The first-order chi connectivity index (χ1) is 11.8. The number of aliphatic imine (C=N–C) groups is 1. The van der Waals surface area contributed by atoms with Crippen molar-refractivity contribution in [1.29, 1.82) is 0 Å². The van der Waals surface area contributed by atoms with E-state index in [1.165, 1.54) is 6.26 Å². The molecule has 1 atom stereocenters. The van der Waals surface area contributed by atoms with Crippen LogP contribution in [0.15, 0.2) is 23.2 Å². The van der Waals surface area contributed by atoms with E-state index in [1.807, 2.05) is 25.1 Å². The number of nitrogens with zero attached hydrogens (tertiary/aromatic N) is 1. The summed E-state index contributed by atoms with van der Waals surface area (Å²) in [4.78, 5) is 4.17. The Hall–Kier alpha value is -1.23. The average Bonchev–Trinajstić information content (AvgIpc) is 2.58. The lowest BCUT2D eigenvalue weighted by Gasteiger charge is -2.18. The minimum Gasteiger partial charge on any atom is -0.497 e. The molecule has 0 saturated heterocycles. The molecule has 0 amide bonds. The lowest BCUT2D eigenvalue weighted by atomic mass is 10.1. The highest BCUT2D eigenvalue weighted by Crippen LogP contribution is 2.24. The van der Waals surface area contributed by atoms with Crippen molar-refractivity contribution in [2.45, 2.75) is 25.8 Å². The Kier molecular flexibility index (Phi) is 11.6. The first-order valence-electron chi connectivity index (χ1n) is 8.15. The van der Waals surface area contributed by atoms with Crippen LogP contribution in [0.1, 0.15) is 18.9 Å². The van der Waals surface area contributed by atoms with Crippen molar-refractivity contribution >= 4 is 39.8 Å². The summed E-state index contributed by atoms with van der Waals surface area (Å²) in [7, 11) is 2.00. The number of guanidine groups is 1. The molecule has 0 radical (unpaired) electrons. The lowest BCUT2D eigenvalue weighted by Crippen LogP contribution is -2.43. The summed E-state index contributed by atoms with van der Waals surface area (Å²) in [6, 6.07) is 5.70. The van der Waals surface area contributed by atoms with E-state index in [2.05, 4.69) is 15.6 Å². The van der Waals surface area contributed by atoms with Gasteiger partial charge in [0.05, 0.1) is 20.0 Å². The standard InChI is InChI=1S/C17H29N3O4S.HI/c1-13(9-11-25(5,21)22)20-17(18-2)19-10-8-14-12-15(23-3)6-7-16(14)24-4;/h6-7,12-13H,8-11H2,1-5H3,(H2,18,19,20);1H. The van der Waals surface area contributed by atoms with Gasteiger partial charge in [0.2, 0.25) is 0 Å². The Balaban J connectivity index is 0.00000625. The van der Waals surface area contributed by atoms with Crippen LogP contribution in [0.25, 0.3) is 0 Å². The fourth-order valence-corrected chi connectivity index (χ4v) is 3.07. The SMILES string of the molecule is CN=C(NCCc1cc(OC)ccc1OC)NC(C)CCS(C)(=O)=O.I. The third-order valence-corrected chi connectivity index (χ3v) is 4.68. The highest BCUT2D eigenvalue weighted by Gasteiger charge is 2.10. The smallest absolute Gasteiger partial charge is 0.191 e. The number of methoxy groups -OCH3 is 2. The molecular weight excluding hydrogens is 469 g/mol. The molecule has 7 nitrogen and oxygen atoms in total. The van der Waals surface area contributed by atoms with E-state index >= 15 is 0 Å². The number of nitrogens with one attached hydrogen (secondary N) is 2. The van der Waals surface area contributed by atoms with E-state index < -0.39 is 9.84 Å². The van der Waals surface area contributed by atoms with E-state index in [-0.39, 0.29) is 35.8 Å². The van der Waals surface area contributed by atoms with E-state index in [9.17, 15) is 8.42 Å². The molecule has 0 spiro atoms. The van der Waals surface area contributed by atoms with Crippen molar-refractivity contribution in [2.24, 2.45) is 4.99 Å². The minimum atomic E-state index is -2.96. The average molecular weight is 499 g/mol. The molecule has 9 heteroatoms. The number of rotatable bonds is 9. The Labute approximate surface area is 173 Å². The van der Waals surface area contributed by atoms with Crippen molar-refractivity contribution < 1.29 is 17.9 Å². The van der Waals surface area contributed by atoms with Crippen LogP contribution in [0.5, 0.6) is 11.5 Å². The maximum absolute atomic E-state index is 11.2. The van der Waals surface area contributed by atoms with Crippen molar-refractivity contribution in [3.05, 3.63) is 23.8 Å².